The van der Waals surface area contributed by atoms with Crippen LogP contribution in [0.4, 0.5) is 0 Å². The van der Waals surface area contributed by atoms with Gasteiger partial charge in [-0.3, -0.25) is 0 Å². The van der Waals surface area contributed by atoms with Crippen LogP contribution < -0.4 is 24.0 Å². The highest BCUT2D eigenvalue weighted by Gasteiger charge is 2.20. The Balaban J connectivity index is 0.000000845. The van der Waals surface area contributed by atoms with Crippen LogP contribution in [0.25, 0.3) is 0 Å². The normalized spacial score (nSPS) is 15.8. The minimum Gasteiger partial charge on any atom is -1.00 e. The van der Waals surface area contributed by atoms with E-state index in [1.807, 2.05) is 11.8 Å². The van der Waals surface area contributed by atoms with E-state index in [-0.39, 0.29) is 24.0 Å². The van der Waals surface area contributed by atoms with Crippen molar-refractivity contribution in [2.45, 2.75) is 0 Å². The molecule has 1 aliphatic rings. The van der Waals surface area contributed by atoms with Crippen LogP contribution in [0.5, 0.6) is 0 Å². The van der Waals surface area contributed by atoms with Gasteiger partial charge in [-0.25, -0.2) is 4.58 Å². The molecule has 0 spiro atoms. The lowest BCUT2D eigenvalue weighted by Gasteiger charge is -1.95. The van der Waals surface area contributed by atoms with Crippen LogP contribution in [0.2, 0.25) is 0 Å². The summed E-state index contributed by atoms with van der Waals surface area (Å²) in [5.41, 5.74) is 1.35. The molecule has 0 aliphatic carbocycles. The van der Waals surface area contributed by atoms with E-state index in [0.29, 0.717) is 0 Å². The molecule has 0 aromatic heterocycles. The number of rotatable bonds is 1. The Hall–Kier alpha value is -0.0300. The van der Waals surface area contributed by atoms with Crippen LogP contribution >= 0.6 is 11.8 Å². The van der Waals surface area contributed by atoms with Crippen LogP contribution in [-0.2, 0) is 0 Å². The Morgan fingerprint density at radius 3 is 2.46 bits per heavy atom. The number of halogens is 1. The predicted octanol–water partition coefficient (Wildman–Crippen LogP) is -1.17. The molecule has 1 aromatic rings. The van der Waals surface area contributed by atoms with E-state index in [9.17, 15) is 0 Å². The largest absolute Gasteiger partial charge is 1.00 e. The van der Waals surface area contributed by atoms with Crippen molar-refractivity contribution in [2.24, 2.45) is 0 Å². The average Bonchev–Trinajstić information content (AvgIpc) is 2.53. The summed E-state index contributed by atoms with van der Waals surface area (Å²) in [6.45, 7) is 1.18. The van der Waals surface area contributed by atoms with Crippen LogP contribution in [0.1, 0.15) is 5.56 Å². The molecule has 0 saturated heterocycles. The lowest BCUT2D eigenvalue weighted by atomic mass is 10.2. The van der Waals surface area contributed by atoms with E-state index in [1.165, 1.54) is 22.9 Å². The van der Waals surface area contributed by atoms with E-state index < -0.39 is 0 Å². The monoisotopic (exact) mass is 305 g/mol. The first-order valence-electron chi connectivity index (χ1n) is 4.14. The summed E-state index contributed by atoms with van der Waals surface area (Å²) in [5.74, 6) is 1.22. The molecule has 0 atom stereocenters. The van der Waals surface area contributed by atoms with Crippen molar-refractivity contribution in [1.29, 1.82) is 0 Å². The fourth-order valence-electron chi connectivity index (χ4n) is 1.38. The third kappa shape index (κ3) is 2.47. The van der Waals surface area contributed by atoms with Gasteiger partial charge in [0.05, 0.1) is 11.3 Å². The first kappa shape index (κ1) is 11.0. The zero-order chi connectivity index (χ0) is 8.39. The fourth-order valence-corrected chi connectivity index (χ4v) is 2.55. The van der Waals surface area contributed by atoms with E-state index in [0.717, 1.165) is 0 Å². The van der Waals surface area contributed by atoms with E-state index in [4.69, 9.17) is 0 Å². The minimum atomic E-state index is 0. The molecule has 1 aromatic carbocycles. The number of hydrogen-bond acceptors (Lipinski definition) is 1. The van der Waals surface area contributed by atoms with Crippen LogP contribution in [0, 0.1) is 0 Å². The molecule has 1 nitrogen and oxygen atoms in total. The van der Waals surface area contributed by atoms with Crippen molar-refractivity contribution in [3.05, 3.63) is 35.9 Å². The van der Waals surface area contributed by atoms with Crippen molar-refractivity contribution < 1.29 is 28.6 Å². The predicted molar refractivity (Wildman–Crippen MR) is 54.1 cm³/mol. The summed E-state index contributed by atoms with van der Waals surface area (Å²) in [6.07, 6.45) is 0. The summed E-state index contributed by atoms with van der Waals surface area (Å²) in [4.78, 5) is 0. The van der Waals surface area contributed by atoms with Crippen molar-refractivity contribution in [3.8, 4) is 0 Å². The maximum Gasteiger partial charge on any atom is 0.242 e. The van der Waals surface area contributed by atoms with Crippen molar-refractivity contribution >= 4 is 16.8 Å². The molecule has 0 bridgehead atoms. The average molecular weight is 305 g/mol. The van der Waals surface area contributed by atoms with Gasteiger partial charge in [0.2, 0.25) is 5.04 Å². The van der Waals surface area contributed by atoms with Gasteiger partial charge >= 0.3 is 0 Å². The van der Waals surface area contributed by atoms with Gasteiger partial charge in [-0.05, 0) is 12.1 Å². The molecule has 0 unspecified atom stereocenters. The molecule has 1 heterocycles. The smallest absolute Gasteiger partial charge is 0.242 e. The Labute approximate surface area is 100 Å². The van der Waals surface area contributed by atoms with Gasteiger partial charge in [0, 0.05) is 0 Å². The third-order valence-electron chi connectivity index (χ3n) is 2.03. The van der Waals surface area contributed by atoms with E-state index in [2.05, 4.69) is 42.0 Å². The van der Waals surface area contributed by atoms with Gasteiger partial charge in [-0.1, -0.05) is 30.0 Å². The number of benzene rings is 1. The molecule has 70 valence electrons. The molecule has 1 aliphatic heterocycles. The van der Waals surface area contributed by atoms with Crippen molar-refractivity contribution in [1.82, 2.24) is 0 Å². The second kappa shape index (κ2) is 5.00. The summed E-state index contributed by atoms with van der Waals surface area (Å²) >= 11 is 1.95. The van der Waals surface area contributed by atoms with Crippen LogP contribution in [0.3, 0.4) is 0 Å². The summed E-state index contributed by atoms with van der Waals surface area (Å²) in [7, 11) is 2.16. The first-order chi connectivity index (χ1) is 5.88. The Bertz CT molecular complexity index is 308. The first-order valence-corrected chi connectivity index (χ1v) is 5.13. The second-order valence-electron chi connectivity index (χ2n) is 2.94. The Kier molecular flexibility index (Phi) is 4.25. The molecule has 0 radical (unpaired) electrons. The molecule has 13 heavy (non-hydrogen) atoms. The van der Waals surface area contributed by atoms with Gasteiger partial charge in [-0.15, -0.1) is 0 Å². The number of hydrogen-bond donors (Lipinski definition) is 0. The van der Waals surface area contributed by atoms with Crippen LogP contribution in [-0.4, -0.2) is 29.0 Å². The molecular formula is C10H12INS. The maximum absolute atomic E-state index is 2.32. The highest BCUT2D eigenvalue weighted by atomic mass is 127. The standard InChI is InChI=1S/C10H12NS.HI/c1-11-7-8-12-10(11)9-5-3-2-4-6-9;/h2-6H,7-8H2,1H3;1H/q+1;/p-1. The molecule has 0 amide bonds. The van der Waals surface area contributed by atoms with E-state index >= 15 is 0 Å². The lowest BCUT2D eigenvalue weighted by molar-refractivity contribution is -0.485. The zero-order valence-electron chi connectivity index (χ0n) is 7.53. The van der Waals surface area contributed by atoms with Gasteiger partial charge in [0.15, 0.2) is 6.54 Å². The summed E-state index contributed by atoms with van der Waals surface area (Å²) < 4.78 is 2.32. The lowest BCUT2D eigenvalue weighted by Crippen LogP contribution is -3.00. The fraction of sp³-hybridized carbons (Fsp3) is 0.300. The second-order valence-corrected chi connectivity index (χ2v) is 4.02. The highest BCUT2D eigenvalue weighted by molar-refractivity contribution is 8.14. The Morgan fingerprint density at radius 1 is 1.23 bits per heavy atom. The molecular weight excluding hydrogens is 293 g/mol. The van der Waals surface area contributed by atoms with Gasteiger partial charge in [-0.2, -0.15) is 0 Å². The molecule has 0 fully saturated rings. The van der Waals surface area contributed by atoms with Crippen molar-refractivity contribution in [3.63, 3.8) is 0 Å². The van der Waals surface area contributed by atoms with Gasteiger partial charge in [0.25, 0.3) is 0 Å². The van der Waals surface area contributed by atoms with Crippen LogP contribution in [0.15, 0.2) is 30.3 Å². The summed E-state index contributed by atoms with van der Waals surface area (Å²) in [6, 6.07) is 10.6. The number of thioether (sulfide) groups is 1. The highest BCUT2D eigenvalue weighted by Crippen LogP contribution is 2.17. The zero-order valence-corrected chi connectivity index (χ0v) is 10.5. The van der Waals surface area contributed by atoms with Gasteiger partial charge < -0.3 is 24.0 Å². The maximum atomic E-state index is 2.32. The molecule has 0 saturated carbocycles. The SMILES string of the molecule is C[N+]1=C(c2ccccc2)SCC1.[I-]. The summed E-state index contributed by atoms with van der Waals surface area (Å²) in [5, 5.41) is 1.41. The topological polar surface area (TPSA) is 3.01 Å². The molecule has 0 N–H and O–H groups in total. The van der Waals surface area contributed by atoms with Gasteiger partial charge in [0.1, 0.15) is 7.05 Å². The quantitative estimate of drug-likeness (QED) is 0.467. The number of nitrogens with zero attached hydrogens (tertiary/aromatic N) is 1. The Morgan fingerprint density at radius 2 is 1.92 bits per heavy atom. The minimum absolute atomic E-state index is 0. The van der Waals surface area contributed by atoms with Crippen molar-refractivity contribution in [2.75, 3.05) is 19.3 Å². The molecule has 3 heteroatoms. The molecule has 2 rings (SSSR count). The van der Waals surface area contributed by atoms with E-state index in [1.54, 1.807) is 0 Å². The third-order valence-corrected chi connectivity index (χ3v) is 3.24.